The van der Waals surface area contributed by atoms with Crippen LogP contribution in [0, 0.1) is 0 Å². The predicted molar refractivity (Wildman–Crippen MR) is 46.7 cm³/mol. The molecule has 2 fully saturated rings. The third kappa shape index (κ3) is 1.36. The van der Waals surface area contributed by atoms with Crippen LogP contribution in [0.1, 0.15) is 12.8 Å². The molecule has 0 saturated carbocycles. The molecule has 0 aromatic carbocycles. The smallest absolute Gasteiger partial charge is 0.230 e. The Balaban J connectivity index is 2.37. The Hall–Kier alpha value is -0.880. The maximum absolute atomic E-state index is 11.3. The van der Waals surface area contributed by atoms with E-state index >= 15 is 0 Å². The Kier molecular flexibility index (Phi) is 2.09. The van der Waals surface area contributed by atoms with Gasteiger partial charge in [-0.25, -0.2) is 0 Å². The maximum Gasteiger partial charge on any atom is 0.230 e. The number of carbonyl (C=O) groups excluding carboxylic acids is 1. The first-order chi connectivity index (χ1) is 6.20. The zero-order valence-corrected chi connectivity index (χ0v) is 7.80. The van der Waals surface area contributed by atoms with E-state index < -0.39 is 10.3 Å². The monoisotopic (exact) mass is 202 g/mol. The molecule has 0 aromatic heterocycles. The summed E-state index contributed by atoms with van der Waals surface area (Å²) in [7, 11) is -2.22. The van der Waals surface area contributed by atoms with Crippen molar-refractivity contribution in [3.63, 3.8) is 0 Å². The molecule has 2 heterocycles. The standard InChI is InChI=1S/C7H10N2O3S/c10-6-2-1-5-7(13(11)12)8-3-4-9(5)6/h5,8H,1-4H2. The molecule has 2 rings (SSSR count). The van der Waals surface area contributed by atoms with E-state index in [9.17, 15) is 13.2 Å². The molecule has 0 radical (unpaired) electrons. The van der Waals surface area contributed by atoms with E-state index in [1.54, 1.807) is 4.90 Å². The Morgan fingerprint density at radius 2 is 2.23 bits per heavy atom. The van der Waals surface area contributed by atoms with Gasteiger partial charge in [0.1, 0.15) is 4.99 Å². The highest BCUT2D eigenvalue weighted by Gasteiger charge is 2.37. The van der Waals surface area contributed by atoms with Crippen molar-refractivity contribution in [2.24, 2.45) is 0 Å². The van der Waals surface area contributed by atoms with Crippen molar-refractivity contribution in [1.82, 2.24) is 10.2 Å². The van der Waals surface area contributed by atoms with Crippen molar-refractivity contribution in [2.45, 2.75) is 18.9 Å². The third-order valence-corrected chi connectivity index (χ3v) is 3.24. The van der Waals surface area contributed by atoms with Gasteiger partial charge in [-0.2, -0.15) is 8.42 Å². The van der Waals surface area contributed by atoms with Crippen LogP contribution >= 0.6 is 0 Å². The minimum absolute atomic E-state index is 0.0643. The molecule has 2 saturated heterocycles. The number of amides is 1. The highest BCUT2D eigenvalue weighted by Crippen LogP contribution is 2.20. The second kappa shape index (κ2) is 3.12. The molecule has 1 atom stereocenters. The van der Waals surface area contributed by atoms with E-state index in [4.69, 9.17) is 0 Å². The molecular formula is C7H10N2O3S. The van der Waals surface area contributed by atoms with Crippen LogP contribution in [0.3, 0.4) is 0 Å². The molecule has 1 unspecified atom stereocenters. The zero-order chi connectivity index (χ0) is 9.42. The van der Waals surface area contributed by atoms with E-state index in [0.717, 1.165) is 0 Å². The number of piperazine rings is 1. The van der Waals surface area contributed by atoms with Gasteiger partial charge < -0.3 is 4.90 Å². The fourth-order valence-corrected chi connectivity index (χ4v) is 2.56. The van der Waals surface area contributed by atoms with Crippen molar-refractivity contribution < 1.29 is 13.2 Å². The average Bonchev–Trinajstić information content (AvgIpc) is 2.48. The molecule has 2 aliphatic rings. The van der Waals surface area contributed by atoms with E-state index in [1.807, 2.05) is 0 Å². The van der Waals surface area contributed by atoms with Crippen LogP contribution in [-0.2, 0) is 15.1 Å². The van der Waals surface area contributed by atoms with Gasteiger partial charge in [-0.05, 0) is 6.42 Å². The Labute approximate surface area is 77.2 Å². The zero-order valence-electron chi connectivity index (χ0n) is 6.99. The molecule has 72 valence electrons. The quantitative estimate of drug-likeness (QED) is 0.490. The third-order valence-electron chi connectivity index (χ3n) is 2.46. The van der Waals surface area contributed by atoms with E-state index in [2.05, 4.69) is 5.32 Å². The molecule has 0 bridgehead atoms. The van der Waals surface area contributed by atoms with Crippen LogP contribution in [0.2, 0.25) is 0 Å². The van der Waals surface area contributed by atoms with Crippen molar-refractivity contribution in [3.05, 3.63) is 0 Å². The maximum atomic E-state index is 11.3. The van der Waals surface area contributed by atoms with E-state index in [1.165, 1.54) is 0 Å². The average molecular weight is 202 g/mol. The first-order valence-electron chi connectivity index (χ1n) is 4.19. The topological polar surface area (TPSA) is 66.5 Å². The second-order valence-electron chi connectivity index (χ2n) is 3.17. The van der Waals surface area contributed by atoms with Crippen molar-refractivity contribution in [2.75, 3.05) is 13.1 Å². The lowest BCUT2D eigenvalue weighted by Crippen LogP contribution is -2.53. The van der Waals surface area contributed by atoms with Crippen molar-refractivity contribution in [3.8, 4) is 0 Å². The number of rotatable bonds is 0. The highest BCUT2D eigenvalue weighted by atomic mass is 32.2. The Morgan fingerprint density at radius 3 is 2.92 bits per heavy atom. The summed E-state index contributed by atoms with van der Waals surface area (Å²) in [5.74, 6) is 0.0643. The number of nitrogens with one attached hydrogen (secondary N) is 1. The van der Waals surface area contributed by atoms with E-state index in [-0.39, 0.29) is 16.9 Å². The van der Waals surface area contributed by atoms with Crippen molar-refractivity contribution in [1.29, 1.82) is 0 Å². The number of hydrogen-bond donors (Lipinski definition) is 1. The summed E-state index contributed by atoms with van der Waals surface area (Å²) in [4.78, 5) is 13.2. The summed E-state index contributed by atoms with van der Waals surface area (Å²) in [5.41, 5.74) is 0. The summed E-state index contributed by atoms with van der Waals surface area (Å²) >= 11 is 0. The van der Waals surface area contributed by atoms with Gasteiger partial charge in [-0.15, -0.1) is 0 Å². The fourth-order valence-electron chi connectivity index (χ4n) is 1.87. The van der Waals surface area contributed by atoms with Crippen LogP contribution in [0.15, 0.2) is 0 Å². The van der Waals surface area contributed by atoms with Crippen LogP contribution in [0.4, 0.5) is 0 Å². The van der Waals surface area contributed by atoms with Gasteiger partial charge in [0, 0.05) is 19.5 Å². The van der Waals surface area contributed by atoms with Crippen LogP contribution in [0.25, 0.3) is 0 Å². The normalized spacial score (nSPS) is 27.7. The summed E-state index contributed by atoms with van der Waals surface area (Å²) < 4.78 is 21.5. The molecule has 1 amide bonds. The summed E-state index contributed by atoms with van der Waals surface area (Å²) in [6, 6.07) is -0.223. The minimum Gasteiger partial charge on any atom is -0.332 e. The molecular weight excluding hydrogens is 192 g/mol. The predicted octanol–water partition coefficient (Wildman–Crippen LogP) is -1.41. The largest absolute Gasteiger partial charge is 0.332 e. The molecule has 13 heavy (non-hydrogen) atoms. The van der Waals surface area contributed by atoms with Gasteiger partial charge in [0.2, 0.25) is 16.2 Å². The van der Waals surface area contributed by atoms with Gasteiger partial charge in [-0.3, -0.25) is 10.1 Å². The van der Waals surface area contributed by atoms with Crippen LogP contribution in [0.5, 0.6) is 0 Å². The number of nitrogens with zero attached hydrogens (tertiary/aromatic N) is 1. The first kappa shape index (κ1) is 8.71. The van der Waals surface area contributed by atoms with E-state index in [0.29, 0.717) is 25.9 Å². The molecule has 1 N–H and O–H groups in total. The van der Waals surface area contributed by atoms with Crippen LogP contribution in [-0.4, -0.2) is 43.3 Å². The summed E-state index contributed by atoms with van der Waals surface area (Å²) in [5, 5.41) is 2.82. The Morgan fingerprint density at radius 1 is 1.46 bits per heavy atom. The lowest BCUT2D eigenvalue weighted by Gasteiger charge is -2.30. The van der Waals surface area contributed by atoms with Gasteiger partial charge in [0.25, 0.3) is 0 Å². The molecule has 0 aliphatic carbocycles. The highest BCUT2D eigenvalue weighted by molar-refractivity contribution is 7.73. The second-order valence-corrected chi connectivity index (χ2v) is 4.08. The lowest BCUT2D eigenvalue weighted by atomic mass is 10.2. The van der Waals surface area contributed by atoms with Crippen molar-refractivity contribution >= 4 is 21.2 Å². The SMILES string of the molecule is O=C1CCC2C(=S(=O)=O)NCCN12. The molecule has 0 aromatic rings. The summed E-state index contributed by atoms with van der Waals surface area (Å²) in [6.07, 6.45) is 1.09. The number of fused-ring (bicyclic) bond motifs is 1. The summed E-state index contributed by atoms with van der Waals surface area (Å²) in [6.45, 7) is 1.15. The number of hydrogen-bond acceptors (Lipinski definition) is 3. The van der Waals surface area contributed by atoms with Gasteiger partial charge in [0.15, 0.2) is 0 Å². The van der Waals surface area contributed by atoms with Gasteiger partial charge in [0.05, 0.1) is 6.04 Å². The minimum atomic E-state index is -2.22. The first-order valence-corrected chi connectivity index (χ1v) is 5.27. The van der Waals surface area contributed by atoms with Gasteiger partial charge in [-0.1, -0.05) is 0 Å². The lowest BCUT2D eigenvalue weighted by molar-refractivity contribution is -0.128. The van der Waals surface area contributed by atoms with Crippen LogP contribution < -0.4 is 5.32 Å². The Bertz CT molecular complexity index is 365. The number of carbonyl (C=O) groups is 1. The molecule has 0 spiro atoms. The molecule has 5 nitrogen and oxygen atoms in total. The fraction of sp³-hybridized carbons (Fsp3) is 0.714. The van der Waals surface area contributed by atoms with Gasteiger partial charge >= 0.3 is 0 Å². The molecule has 6 heteroatoms. The molecule has 2 aliphatic heterocycles.